The molecule has 0 radical (unpaired) electrons. The van der Waals surface area contributed by atoms with Gasteiger partial charge in [-0.25, -0.2) is 8.42 Å². The Hall–Kier alpha value is -2.46. The number of hydrogen-bond acceptors (Lipinski definition) is 4. The Balaban J connectivity index is 2.14. The van der Waals surface area contributed by atoms with Gasteiger partial charge in [-0.2, -0.15) is 13.2 Å². The number of amides is 1. The van der Waals surface area contributed by atoms with Crippen molar-refractivity contribution >= 4 is 33.2 Å². The molecule has 1 amide bonds. The normalized spacial score (nSPS) is 12.9. The lowest BCUT2D eigenvalue weighted by Crippen LogP contribution is -2.48. The summed E-state index contributed by atoms with van der Waals surface area (Å²) in [5, 5.41) is 1.97. The summed E-state index contributed by atoms with van der Waals surface area (Å²) in [6.45, 7) is 5.27. The fourth-order valence-electron chi connectivity index (χ4n) is 3.02. The summed E-state index contributed by atoms with van der Waals surface area (Å²) in [4.78, 5) is 12.6. The average molecular weight is 493 g/mol. The SMILES string of the molecule is Cc1ccc(C)c(OCCNC(=O)[C@@H](C)N(c2ccc(Cl)c(C(F)(F)F)c2)S(C)(=O)=O)c1. The van der Waals surface area contributed by atoms with E-state index in [4.69, 9.17) is 16.3 Å². The van der Waals surface area contributed by atoms with E-state index >= 15 is 0 Å². The van der Waals surface area contributed by atoms with Crippen LogP contribution in [0.3, 0.4) is 0 Å². The van der Waals surface area contributed by atoms with Crippen LogP contribution in [0.25, 0.3) is 0 Å². The van der Waals surface area contributed by atoms with Crippen molar-refractivity contribution in [2.75, 3.05) is 23.7 Å². The third kappa shape index (κ3) is 6.52. The summed E-state index contributed by atoms with van der Waals surface area (Å²) >= 11 is 5.62. The van der Waals surface area contributed by atoms with Crippen LogP contribution in [0.4, 0.5) is 18.9 Å². The molecular weight excluding hydrogens is 469 g/mol. The lowest BCUT2D eigenvalue weighted by atomic mass is 10.1. The summed E-state index contributed by atoms with van der Waals surface area (Å²) in [6.07, 6.45) is -3.98. The van der Waals surface area contributed by atoms with Crippen molar-refractivity contribution in [3.63, 3.8) is 0 Å². The van der Waals surface area contributed by atoms with Gasteiger partial charge < -0.3 is 10.1 Å². The molecule has 0 heterocycles. The molecule has 6 nitrogen and oxygen atoms in total. The molecule has 0 bridgehead atoms. The number of hydrogen-bond donors (Lipinski definition) is 1. The number of nitrogens with zero attached hydrogens (tertiary/aromatic N) is 1. The molecule has 0 saturated heterocycles. The second-order valence-electron chi connectivity index (χ2n) is 7.31. The Bertz CT molecular complexity index is 1090. The van der Waals surface area contributed by atoms with Crippen molar-refractivity contribution in [3.8, 4) is 5.75 Å². The molecule has 0 aliphatic rings. The first-order valence-electron chi connectivity index (χ1n) is 9.55. The molecule has 0 aliphatic carbocycles. The third-order valence-corrected chi connectivity index (χ3v) is 6.17. The number of alkyl halides is 3. The molecule has 176 valence electrons. The fraction of sp³-hybridized carbons (Fsp3) is 0.381. The molecule has 1 atom stereocenters. The van der Waals surface area contributed by atoms with E-state index in [0.29, 0.717) is 16.1 Å². The van der Waals surface area contributed by atoms with Gasteiger partial charge in [-0.1, -0.05) is 23.7 Å². The number of carbonyl (C=O) groups excluding carboxylic acids is 1. The van der Waals surface area contributed by atoms with Crippen molar-refractivity contribution in [1.29, 1.82) is 0 Å². The highest BCUT2D eigenvalue weighted by atomic mass is 35.5. The zero-order valence-corrected chi connectivity index (χ0v) is 19.5. The van der Waals surface area contributed by atoms with E-state index in [1.807, 2.05) is 32.0 Å². The number of ether oxygens (including phenoxy) is 1. The van der Waals surface area contributed by atoms with Crippen LogP contribution in [0, 0.1) is 13.8 Å². The first-order chi connectivity index (χ1) is 14.7. The van der Waals surface area contributed by atoms with Gasteiger partial charge >= 0.3 is 6.18 Å². The standard InChI is InChI=1S/C21H24ClF3N2O4S/c1-13-5-6-14(2)19(11-13)31-10-9-26-20(28)15(3)27(32(4,29)30)16-7-8-18(22)17(12-16)21(23,24)25/h5-8,11-12,15H,9-10H2,1-4H3,(H,26,28)/t15-/m1/s1. The molecule has 0 saturated carbocycles. The molecule has 2 rings (SSSR count). The van der Waals surface area contributed by atoms with Gasteiger partial charge in [-0.15, -0.1) is 0 Å². The van der Waals surface area contributed by atoms with Gasteiger partial charge in [0.15, 0.2) is 0 Å². The van der Waals surface area contributed by atoms with E-state index < -0.39 is 38.7 Å². The minimum Gasteiger partial charge on any atom is -0.491 e. The number of carbonyl (C=O) groups is 1. The topological polar surface area (TPSA) is 75.7 Å². The molecule has 0 unspecified atom stereocenters. The van der Waals surface area contributed by atoms with E-state index in [0.717, 1.165) is 29.5 Å². The second kappa shape index (κ2) is 9.99. The van der Waals surface area contributed by atoms with E-state index in [-0.39, 0.29) is 18.8 Å². The van der Waals surface area contributed by atoms with Gasteiger partial charge in [-0.3, -0.25) is 9.10 Å². The second-order valence-corrected chi connectivity index (χ2v) is 9.57. The number of aryl methyl sites for hydroxylation is 2. The third-order valence-electron chi connectivity index (χ3n) is 4.60. The Morgan fingerprint density at radius 1 is 1.19 bits per heavy atom. The average Bonchev–Trinajstić information content (AvgIpc) is 2.67. The van der Waals surface area contributed by atoms with Crippen LogP contribution in [0.2, 0.25) is 5.02 Å². The molecule has 0 aliphatic heterocycles. The van der Waals surface area contributed by atoms with E-state index in [2.05, 4.69) is 5.32 Å². The monoisotopic (exact) mass is 492 g/mol. The molecule has 32 heavy (non-hydrogen) atoms. The number of nitrogens with one attached hydrogen (secondary N) is 1. The van der Waals surface area contributed by atoms with Crippen LogP contribution in [0.1, 0.15) is 23.6 Å². The number of rotatable bonds is 8. The maximum Gasteiger partial charge on any atom is 0.417 e. The Morgan fingerprint density at radius 3 is 2.44 bits per heavy atom. The van der Waals surface area contributed by atoms with Crippen molar-refractivity contribution in [2.24, 2.45) is 0 Å². The zero-order chi connectivity index (χ0) is 24.3. The quantitative estimate of drug-likeness (QED) is 0.557. The Morgan fingerprint density at radius 2 is 1.84 bits per heavy atom. The van der Waals surface area contributed by atoms with Crippen LogP contribution in [0.5, 0.6) is 5.75 Å². The van der Waals surface area contributed by atoms with Gasteiger partial charge in [-0.05, 0) is 56.2 Å². The van der Waals surface area contributed by atoms with Crippen molar-refractivity contribution in [2.45, 2.75) is 33.0 Å². The maximum absolute atomic E-state index is 13.2. The van der Waals surface area contributed by atoms with Gasteiger partial charge in [0.2, 0.25) is 15.9 Å². The highest BCUT2D eigenvalue weighted by Crippen LogP contribution is 2.37. The van der Waals surface area contributed by atoms with E-state index in [9.17, 15) is 26.4 Å². The summed E-state index contributed by atoms with van der Waals surface area (Å²) < 4.78 is 70.5. The number of halogens is 4. The van der Waals surface area contributed by atoms with Gasteiger partial charge in [0.25, 0.3) is 0 Å². The molecular formula is C21H24ClF3N2O4S. The number of anilines is 1. The van der Waals surface area contributed by atoms with E-state index in [1.54, 1.807) is 0 Å². The number of benzene rings is 2. The molecule has 0 fully saturated rings. The molecule has 1 N–H and O–H groups in total. The van der Waals surface area contributed by atoms with Crippen LogP contribution < -0.4 is 14.4 Å². The highest BCUT2D eigenvalue weighted by molar-refractivity contribution is 7.92. The Kier molecular flexibility index (Phi) is 8.06. The zero-order valence-electron chi connectivity index (χ0n) is 18.0. The van der Waals surface area contributed by atoms with E-state index in [1.165, 1.54) is 6.92 Å². The van der Waals surface area contributed by atoms with Crippen LogP contribution >= 0.6 is 11.6 Å². The highest BCUT2D eigenvalue weighted by Gasteiger charge is 2.36. The smallest absolute Gasteiger partial charge is 0.417 e. The molecule has 2 aromatic carbocycles. The molecule has 0 aromatic heterocycles. The first kappa shape index (κ1) is 25.8. The van der Waals surface area contributed by atoms with Crippen LogP contribution in [-0.2, 0) is 21.0 Å². The summed E-state index contributed by atoms with van der Waals surface area (Å²) in [6, 6.07) is 7.05. The maximum atomic E-state index is 13.2. The van der Waals surface area contributed by atoms with Crippen LogP contribution in [-0.4, -0.2) is 39.8 Å². The largest absolute Gasteiger partial charge is 0.491 e. The van der Waals surface area contributed by atoms with Gasteiger partial charge in [0, 0.05) is 0 Å². The lowest BCUT2D eigenvalue weighted by molar-refractivity contribution is -0.137. The van der Waals surface area contributed by atoms with Gasteiger partial charge in [0.1, 0.15) is 18.4 Å². The van der Waals surface area contributed by atoms with Gasteiger partial charge in [0.05, 0.1) is 29.1 Å². The summed E-state index contributed by atoms with van der Waals surface area (Å²) in [5.41, 5.74) is 0.411. The lowest BCUT2D eigenvalue weighted by Gasteiger charge is -2.29. The van der Waals surface area contributed by atoms with Crippen molar-refractivity contribution < 1.29 is 31.1 Å². The Labute approximate surface area is 190 Å². The molecule has 2 aromatic rings. The molecule has 11 heteroatoms. The predicted molar refractivity (Wildman–Crippen MR) is 118 cm³/mol. The fourth-order valence-corrected chi connectivity index (χ4v) is 4.41. The first-order valence-corrected chi connectivity index (χ1v) is 11.8. The van der Waals surface area contributed by atoms with Crippen molar-refractivity contribution in [1.82, 2.24) is 5.32 Å². The summed E-state index contributed by atoms with van der Waals surface area (Å²) in [5.74, 6) is -0.0330. The minimum absolute atomic E-state index is 0.0720. The van der Waals surface area contributed by atoms with Crippen molar-refractivity contribution in [3.05, 3.63) is 58.1 Å². The predicted octanol–water partition coefficient (Wildman–Crippen LogP) is 4.33. The summed E-state index contributed by atoms with van der Waals surface area (Å²) in [7, 11) is -4.09. The van der Waals surface area contributed by atoms with Crippen LogP contribution in [0.15, 0.2) is 36.4 Å². The molecule has 0 spiro atoms. The minimum atomic E-state index is -4.78. The number of sulfonamides is 1.